The van der Waals surface area contributed by atoms with Gasteiger partial charge in [0.2, 0.25) is 0 Å². The van der Waals surface area contributed by atoms with Crippen LogP contribution >= 0.6 is 0 Å². The van der Waals surface area contributed by atoms with Gasteiger partial charge in [0, 0.05) is 12.0 Å². The maximum Gasteiger partial charge on any atom is 0.318 e. The van der Waals surface area contributed by atoms with Crippen LogP contribution in [0, 0.1) is 13.8 Å². The van der Waals surface area contributed by atoms with Gasteiger partial charge < -0.3 is 24.1 Å². The highest BCUT2D eigenvalue weighted by Crippen LogP contribution is 2.30. The van der Waals surface area contributed by atoms with Gasteiger partial charge in [0.1, 0.15) is 29.3 Å². The van der Waals surface area contributed by atoms with Crippen molar-refractivity contribution in [3.8, 4) is 23.0 Å². The Balaban J connectivity index is 0.000000345. The number of aromatic hydroxyl groups is 1. The number of fused-ring (bicyclic) bond motifs is 3. The quantitative estimate of drug-likeness (QED) is 0.0598. The van der Waals surface area contributed by atoms with Crippen LogP contribution in [0.3, 0.4) is 0 Å². The van der Waals surface area contributed by atoms with Gasteiger partial charge in [0.05, 0.1) is 18.9 Å². The zero-order chi connectivity index (χ0) is 46.6. The molecule has 8 aromatic carbocycles. The van der Waals surface area contributed by atoms with E-state index in [2.05, 4.69) is 62.4 Å². The average Bonchev–Trinajstić information content (AvgIpc) is 3.33. The van der Waals surface area contributed by atoms with Gasteiger partial charge in [-0.15, -0.1) is 0 Å². The number of hydrogen-bond donors (Lipinski definition) is 1. The molecule has 8 rings (SSSR count). The van der Waals surface area contributed by atoms with E-state index in [4.69, 9.17) is 14.2 Å². The Labute approximate surface area is 381 Å². The van der Waals surface area contributed by atoms with E-state index in [1.807, 2.05) is 114 Å². The summed E-state index contributed by atoms with van der Waals surface area (Å²) in [6, 6.07) is 48.3. The zero-order valence-electron chi connectivity index (χ0n) is 38.3. The van der Waals surface area contributed by atoms with E-state index >= 15 is 0 Å². The number of methoxy groups -OCH3 is 1. The number of carbonyl (C=O) groups excluding carboxylic acids is 3. The molecule has 7 heteroatoms. The van der Waals surface area contributed by atoms with Crippen LogP contribution in [0.15, 0.2) is 152 Å². The predicted molar refractivity (Wildman–Crippen MR) is 265 cm³/mol. The molecule has 330 valence electrons. The van der Waals surface area contributed by atoms with Crippen molar-refractivity contribution in [3.05, 3.63) is 191 Å². The Morgan fingerprint density at radius 3 is 1.45 bits per heavy atom. The number of esters is 2. The summed E-state index contributed by atoms with van der Waals surface area (Å²) in [6.45, 7) is 13.7. The molecule has 3 atom stereocenters. The first-order chi connectivity index (χ1) is 31.3. The van der Waals surface area contributed by atoms with Crippen molar-refractivity contribution in [3.63, 3.8) is 0 Å². The number of hydrogen-bond acceptors (Lipinski definition) is 7. The third kappa shape index (κ3) is 12.2. The molecule has 0 bridgehead atoms. The number of aldehydes is 1. The molecule has 0 aliphatic heterocycles. The fourth-order valence-corrected chi connectivity index (χ4v) is 7.31. The van der Waals surface area contributed by atoms with Gasteiger partial charge in [-0.2, -0.15) is 0 Å². The van der Waals surface area contributed by atoms with Crippen LogP contribution in [0.25, 0.3) is 44.5 Å². The third-order valence-electron chi connectivity index (χ3n) is 11.2. The summed E-state index contributed by atoms with van der Waals surface area (Å²) in [5.41, 5.74) is 6.94. The predicted octanol–water partition coefficient (Wildman–Crippen LogP) is 14.1. The molecule has 0 aromatic heterocycles. The molecule has 0 saturated carbocycles. The largest absolute Gasteiger partial charge is 0.508 e. The highest BCUT2D eigenvalue weighted by molar-refractivity contribution is 5.89. The highest BCUT2D eigenvalue weighted by Gasteiger charge is 2.20. The van der Waals surface area contributed by atoms with Crippen molar-refractivity contribution in [2.45, 2.75) is 66.2 Å². The summed E-state index contributed by atoms with van der Waals surface area (Å²) in [7, 11) is 1.57. The first-order valence-electron chi connectivity index (χ1n) is 21.9. The Morgan fingerprint density at radius 2 is 0.908 bits per heavy atom. The number of aryl methyl sites for hydroxylation is 2. The van der Waals surface area contributed by atoms with Crippen LogP contribution in [0.5, 0.6) is 23.0 Å². The topological polar surface area (TPSA) is 99.1 Å². The minimum atomic E-state index is -0.473. The lowest BCUT2D eigenvalue weighted by atomic mass is 9.97. The van der Waals surface area contributed by atoms with Crippen molar-refractivity contribution in [2.24, 2.45) is 0 Å². The van der Waals surface area contributed by atoms with Crippen molar-refractivity contribution in [1.29, 1.82) is 0 Å². The summed E-state index contributed by atoms with van der Waals surface area (Å²) in [5.74, 6) is -0.0640. The van der Waals surface area contributed by atoms with E-state index in [9.17, 15) is 19.5 Å². The number of ether oxygens (including phenoxy) is 3. The first kappa shape index (κ1) is 47.0. The monoisotopic (exact) mass is 864 g/mol. The van der Waals surface area contributed by atoms with E-state index in [0.717, 1.165) is 55.6 Å². The van der Waals surface area contributed by atoms with Crippen molar-refractivity contribution >= 4 is 62.7 Å². The van der Waals surface area contributed by atoms with Gasteiger partial charge in [0.15, 0.2) is 0 Å². The molecule has 65 heavy (non-hydrogen) atoms. The Kier molecular flexibility index (Phi) is 15.7. The lowest BCUT2D eigenvalue weighted by Gasteiger charge is -2.14. The number of benzene rings is 8. The maximum absolute atomic E-state index is 13.2. The molecule has 8 aromatic rings. The molecule has 0 heterocycles. The van der Waals surface area contributed by atoms with Gasteiger partial charge in [-0.25, -0.2) is 0 Å². The van der Waals surface area contributed by atoms with Crippen LogP contribution in [-0.4, -0.2) is 30.4 Å². The molecular formula is C58H56O7. The van der Waals surface area contributed by atoms with E-state index < -0.39 is 11.8 Å². The van der Waals surface area contributed by atoms with Crippen LogP contribution in [-0.2, 0) is 14.4 Å². The standard InChI is InChI=1S/C42H36O6.C14H14O.C2H6/c1-26-5-10-34-22-31(11-13-33(34)19-26)28(3)42(45)48-40-21-30(20-39(25-40)46-4)7-6-29-8-17-38(18-9-29)47-41(44)27(2)32-12-14-36-24-37(43)16-15-35(36)23-32;1-10-3-4-14-8-12(11(2)9-15)5-6-13(14)7-10;1-2/h5-25,27-28,43H,1-4H3;3-9,11H,1-2H3;1-2H3/b7-6+;;. The summed E-state index contributed by atoms with van der Waals surface area (Å²) in [5, 5.41) is 16.2. The molecular weight excluding hydrogens is 809 g/mol. The fourth-order valence-electron chi connectivity index (χ4n) is 7.31. The second-order valence-electron chi connectivity index (χ2n) is 16.1. The van der Waals surface area contributed by atoms with E-state index in [1.54, 1.807) is 43.5 Å². The van der Waals surface area contributed by atoms with Crippen LogP contribution in [0.4, 0.5) is 0 Å². The van der Waals surface area contributed by atoms with E-state index in [-0.39, 0.29) is 23.6 Å². The Morgan fingerprint density at radius 1 is 0.477 bits per heavy atom. The molecule has 0 spiro atoms. The minimum Gasteiger partial charge on any atom is -0.508 e. The fraction of sp³-hybridized carbons (Fsp3) is 0.190. The highest BCUT2D eigenvalue weighted by atomic mass is 16.5. The van der Waals surface area contributed by atoms with Gasteiger partial charge >= 0.3 is 11.9 Å². The van der Waals surface area contributed by atoms with E-state index in [0.29, 0.717) is 17.2 Å². The van der Waals surface area contributed by atoms with Crippen LogP contribution in [0.1, 0.15) is 91.3 Å². The molecule has 0 radical (unpaired) electrons. The van der Waals surface area contributed by atoms with Crippen molar-refractivity contribution in [1.82, 2.24) is 0 Å². The molecule has 0 aliphatic rings. The SMILES string of the molecule is CC.COc1cc(/C=C/c2ccc(OC(=O)C(C)c3ccc4cc(O)ccc4c3)cc2)cc(OC(=O)C(C)c2ccc3cc(C)ccc3c2)c1.Cc1ccc2cc(C(C)C=O)ccc2c1. The Bertz CT molecular complexity index is 2980. The van der Waals surface area contributed by atoms with Crippen molar-refractivity contribution in [2.75, 3.05) is 7.11 Å². The summed E-state index contributed by atoms with van der Waals surface area (Å²) in [6.07, 6.45) is 4.80. The van der Waals surface area contributed by atoms with Crippen molar-refractivity contribution < 1.29 is 33.7 Å². The molecule has 0 saturated heterocycles. The van der Waals surface area contributed by atoms with Gasteiger partial charge in [-0.3, -0.25) is 9.59 Å². The maximum atomic E-state index is 13.2. The smallest absolute Gasteiger partial charge is 0.318 e. The van der Waals surface area contributed by atoms with E-state index in [1.165, 1.54) is 21.9 Å². The van der Waals surface area contributed by atoms with Gasteiger partial charge in [-0.05, 0) is 124 Å². The molecule has 0 fully saturated rings. The normalized spacial score (nSPS) is 12.3. The molecule has 1 N–H and O–H groups in total. The second-order valence-corrected chi connectivity index (χ2v) is 16.1. The third-order valence-corrected chi connectivity index (χ3v) is 11.2. The Hall–Kier alpha value is -7.51. The average molecular weight is 865 g/mol. The summed E-state index contributed by atoms with van der Waals surface area (Å²) >= 11 is 0. The van der Waals surface area contributed by atoms with Crippen LogP contribution in [0.2, 0.25) is 0 Å². The number of phenolic OH excluding ortho intramolecular Hbond substituents is 1. The lowest BCUT2D eigenvalue weighted by Crippen LogP contribution is -2.16. The minimum absolute atomic E-state index is 0.0179. The zero-order valence-corrected chi connectivity index (χ0v) is 38.3. The molecule has 7 nitrogen and oxygen atoms in total. The lowest BCUT2D eigenvalue weighted by molar-refractivity contribution is -0.136. The second kappa shape index (κ2) is 21.7. The summed E-state index contributed by atoms with van der Waals surface area (Å²) < 4.78 is 17.0. The van der Waals surface area contributed by atoms with Gasteiger partial charge in [-0.1, -0.05) is 153 Å². The number of rotatable bonds is 11. The molecule has 0 aliphatic carbocycles. The molecule has 3 unspecified atom stereocenters. The molecule has 0 amide bonds. The summed E-state index contributed by atoms with van der Waals surface area (Å²) in [4.78, 5) is 36.8. The van der Waals surface area contributed by atoms with Crippen LogP contribution < -0.4 is 14.2 Å². The number of carbonyl (C=O) groups is 3. The first-order valence-corrected chi connectivity index (χ1v) is 21.9. The van der Waals surface area contributed by atoms with Gasteiger partial charge in [0.25, 0.3) is 0 Å². The number of phenols is 1.